The standard InChI is InChI=1S/C11H17BrN2/c1-9(2)8-14(3)11-5-4-10(6-12)7-13-11/h4-5,7,9H,6,8H2,1-3H3. The van der Waals surface area contributed by atoms with Crippen molar-refractivity contribution < 1.29 is 0 Å². The Morgan fingerprint density at radius 1 is 1.43 bits per heavy atom. The van der Waals surface area contributed by atoms with Crippen LogP contribution in [0.3, 0.4) is 0 Å². The van der Waals surface area contributed by atoms with Gasteiger partial charge in [0.1, 0.15) is 5.82 Å². The van der Waals surface area contributed by atoms with Gasteiger partial charge in [0.05, 0.1) is 0 Å². The monoisotopic (exact) mass is 256 g/mol. The maximum atomic E-state index is 4.40. The Bertz CT molecular complexity index is 269. The lowest BCUT2D eigenvalue weighted by Crippen LogP contribution is -2.23. The van der Waals surface area contributed by atoms with Crippen molar-refractivity contribution in [3.63, 3.8) is 0 Å². The zero-order valence-electron chi connectivity index (χ0n) is 9.00. The molecule has 1 heterocycles. The number of hydrogen-bond donors (Lipinski definition) is 0. The molecule has 0 aliphatic heterocycles. The molecule has 0 radical (unpaired) electrons. The van der Waals surface area contributed by atoms with Crippen molar-refractivity contribution in [2.24, 2.45) is 5.92 Å². The number of nitrogens with zero attached hydrogens (tertiary/aromatic N) is 2. The number of pyridine rings is 1. The first-order chi connectivity index (χ1) is 6.63. The third-order valence-corrected chi connectivity index (χ3v) is 2.64. The van der Waals surface area contributed by atoms with E-state index in [0.717, 1.165) is 17.7 Å². The Balaban J connectivity index is 2.66. The highest BCUT2D eigenvalue weighted by Gasteiger charge is 2.03. The average Bonchev–Trinajstić information content (AvgIpc) is 2.17. The van der Waals surface area contributed by atoms with Gasteiger partial charge in [-0.25, -0.2) is 4.98 Å². The highest BCUT2D eigenvalue weighted by atomic mass is 79.9. The minimum Gasteiger partial charge on any atom is -0.359 e. The molecule has 0 bridgehead atoms. The molecule has 0 saturated heterocycles. The smallest absolute Gasteiger partial charge is 0.128 e. The van der Waals surface area contributed by atoms with Gasteiger partial charge in [-0.2, -0.15) is 0 Å². The molecule has 3 heteroatoms. The van der Waals surface area contributed by atoms with Gasteiger partial charge in [-0.15, -0.1) is 0 Å². The van der Waals surface area contributed by atoms with Gasteiger partial charge in [-0.3, -0.25) is 0 Å². The number of rotatable bonds is 4. The van der Waals surface area contributed by atoms with E-state index in [2.05, 4.69) is 58.8 Å². The summed E-state index contributed by atoms with van der Waals surface area (Å²) in [4.78, 5) is 6.58. The van der Waals surface area contributed by atoms with Crippen LogP contribution >= 0.6 is 15.9 Å². The zero-order chi connectivity index (χ0) is 10.6. The predicted molar refractivity (Wildman–Crippen MR) is 65.0 cm³/mol. The van der Waals surface area contributed by atoms with Gasteiger partial charge in [0.25, 0.3) is 0 Å². The van der Waals surface area contributed by atoms with Crippen molar-refractivity contribution in [2.45, 2.75) is 19.2 Å². The van der Waals surface area contributed by atoms with Crippen molar-refractivity contribution >= 4 is 21.7 Å². The molecule has 0 aliphatic carbocycles. The Labute approximate surface area is 94.5 Å². The van der Waals surface area contributed by atoms with Gasteiger partial charge in [0, 0.05) is 25.1 Å². The van der Waals surface area contributed by atoms with Gasteiger partial charge in [-0.1, -0.05) is 35.8 Å². The van der Waals surface area contributed by atoms with Gasteiger partial charge in [0.15, 0.2) is 0 Å². The molecule has 0 aromatic carbocycles. The minimum atomic E-state index is 0.664. The molecule has 0 spiro atoms. The number of anilines is 1. The van der Waals surface area contributed by atoms with Crippen LogP contribution in [0.25, 0.3) is 0 Å². The Morgan fingerprint density at radius 3 is 2.57 bits per heavy atom. The van der Waals surface area contributed by atoms with Crippen LogP contribution in [-0.4, -0.2) is 18.6 Å². The summed E-state index contributed by atoms with van der Waals surface area (Å²) in [6.07, 6.45) is 1.92. The molecule has 1 aromatic rings. The molecule has 0 N–H and O–H groups in total. The average molecular weight is 257 g/mol. The SMILES string of the molecule is CC(C)CN(C)c1ccc(CBr)cn1. The number of hydrogen-bond acceptors (Lipinski definition) is 2. The first kappa shape index (κ1) is 11.5. The summed E-state index contributed by atoms with van der Waals surface area (Å²) in [5.74, 6) is 1.71. The second kappa shape index (κ2) is 5.35. The molecular formula is C11H17BrN2. The fraction of sp³-hybridized carbons (Fsp3) is 0.545. The second-order valence-electron chi connectivity index (χ2n) is 3.93. The normalized spacial score (nSPS) is 10.6. The van der Waals surface area contributed by atoms with Crippen LogP contribution in [0.1, 0.15) is 19.4 Å². The molecule has 0 fully saturated rings. The summed E-state index contributed by atoms with van der Waals surface area (Å²) >= 11 is 3.41. The van der Waals surface area contributed by atoms with E-state index in [1.165, 1.54) is 5.56 Å². The Kier molecular flexibility index (Phi) is 4.39. The molecule has 2 nitrogen and oxygen atoms in total. The molecule has 1 rings (SSSR count). The van der Waals surface area contributed by atoms with E-state index in [1.807, 2.05) is 6.20 Å². The van der Waals surface area contributed by atoms with Crippen LogP contribution in [0, 0.1) is 5.92 Å². The van der Waals surface area contributed by atoms with Crippen LogP contribution in [0.4, 0.5) is 5.82 Å². The van der Waals surface area contributed by atoms with Crippen molar-refractivity contribution in [3.8, 4) is 0 Å². The van der Waals surface area contributed by atoms with E-state index < -0.39 is 0 Å². The summed E-state index contributed by atoms with van der Waals surface area (Å²) in [7, 11) is 2.08. The third kappa shape index (κ3) is 3.29. The molecule has 0 aliphatic rings. The maximum Gasteiger partial charge on any atom is 0.128 e. The Morgan fingerprint density at radius 2 is 2.14 bits per heavy atom. The van der Waals surface area contributed by atoms with Crippen molar-refractivity contribution in [2.75, 3.05) is 18.5 Å². The molecule has 0 amide bonds. The molecule has 78 valence electrons. The lowest BCUT2D eigenvalue weighted by molar-refractivity contribution is 0.634. The lowest BCUT2D eigenvalue weighted by Gasteiger charge is -2.20. The van der Waals surface area contributed by atoms with Crippen LogP contribution in [0.2, 0.25) is 0 Å². The van der Waals surface area contributed by atoms with Gasteiger partial charge in [-0.05, 0) is 17.5 Å². The molecule has 1 aromatic heterocycles. The fourth-order valence-corrected chi connectivity index (χ4v) is 1.69. The first-order valence-electron chi connectivity index (χ1n) is 4.85. The fourth-order valence-electron chi connectivity index (χ4n) is 1.36. The topological polar surface area (TPSA) is 16.1 Å². The highest BCUT2D eigenvalue weighted by molar-refractivity contribution is 9.08. The van der Waals surface area contributed by atoms with Crippen LogP contribution in [0.15, 0.2) is 18.3 Å². The summed E-state index contributed by atoms with van der Waals surface area (Å²) < 4.78 is 0. The zero-order valence-corrected chi connectivity index (χ0v) is 10.6. The van der Waals surface area contributed by atoms with Crippen molar-refractivity contribution in [3.05, 3.63) is 23.9 Å². The number of alkyl halides is 1. The largest absolute Gasteiger partial charge is 0.359 e. The van der Waals surface area contributed by atoms with E-state index >= 15 is 0 Å². The summed E-state index contributed by atoms with van der Waals surface area (Å²) in [5, 5.41) is 0.869. The lowest BCUT2D eigenvalue weighted by atomic mass is 10.2. The van der Waals surface area contributed by atoms with Crippen LogP contribution in [0.5, 0.6) is 0 Å². The summed E-state index contributed by atoms with van der Waals surface area (Å²) in [6, 6.07) is 4.17. The molecule has 0 unspecified atom stereocenters. The molecule has 0 saturated carbocycles. The molecule has 14 heavy (non-hydrogen) atoms. The third-order valence-electron chi connectivity index (χ3n) is 1.99. The van der Waals surface area contributed by atoms with Gasteiger partial charge >= 0.3 is 0 Å². The van der Waals surface area contributed by atoms with E-state index in [9.17, 15) is 0 Å². The minimum absolute atomic E-state index is 0.664. The molecule has 0 atom stereocenters. The van der Waals surface area contributed by atoms with E-state index in [-0.39, 0.29) is 0 Å². The van der Waals surface area contributed by atoms with Gasteiger partial charge < -0.3 is 4.90 Å². The van der Waals surface area contributed by atoms with E-state index in [4.69, 9.17) is 0 Å². The summed E-state index contributed by atoms with van der Waals surface area (Å²) in [6.45, 7) is 5.47. The molecular weight excluding hydrogens is 240 g/mol. The van der Waals surface area contributed by atoms with Crippen molar-refractivity contribution in [1.29, 1.82) is 0 Å². The second-order valence-corrected chi connectivity index (χ2v) is 4.49. The quantitative estimate of drug-likeness (QED) is 0.770. The highest BCUT2D eigenvalue weighted by Crippen LogP contribution is 2.12. The van der Waals surface area contributed by atoms with Gasteiger partial charge in [0.2, 0.25) is 0 Å². The number of halogens is 1. The Hall–Kier alpha value is -0.570. The maximum absolute atomic E-state index is 4.40. The van der Waals surface area contributed by atoms with Crippen molar-refractivity contribution in [1.82, 2.24) is 4.98 Å². The summed E-state index contributed by atoms with van der Waals surface area (Å²) in [5.41, 5.74) is 1.21. The van der Waals surface area contributed by atoms with Crippen LogP contribution in [-0.2, 0) is 5.33 Å². The first-order valence-corrected chi connectivity index (χ1v) is 5.97. The van der Waals surface area contributed by atoms with Crippen LogP contribution < -0.4 is 4.90 Å². The van der Waals surface area contributed by atoms with E-state index in [0.29, 0.717) is 5.92 Å². The number of aromatic nitrogens is 1. The predicted octanol–water partition coefficient (Wildman–Crippen LogP) is 3.07. The van der Waals surface area contributed by atoms with E-state index in [1.54, 1.807) is 0 Å².